The third-order valence-electron chi connectivity index (χ3n) is 4.14. The molecule has 2 aromatic rings. The van der Waals surface area contributed by atoms with E-state index < -0.39 is 0 Å². The van der Waals surface area contributed by atoms with Crippen LogP contribution in [0.1, 0.15) is 43.5 Å². The van der Waals surface area contributed by atoms with Crippen LogP contribution in [0.15, 0.2) is 24.3 Å². The first-order valence-corrected chi connectivity index (χ1v) is 8.23. The van der Waals surface area contributed by atoms with Gasteiger partial charge in [-0.3, -0.25) is 0 Å². The average molecular weight is 274 g/mol. The molecule has 1 fully saturated rings. The average Bonchev–Trinajstić information content (AvgIpc) is 2.81. The fourth-order valence-electron chi connectivity index (χ4n) is 3.17. The molecule has 0 spiro atoms. The monoisotopic (exact) mass is 274 g/mol. The minimum atomic E-state index is 0.281. The number of para-hydroxylation sites is 1. The van der Waals surface area contributed by atoms with Crippen molar-refractivity contribution in [2.24, 2.45) is 11.7 Å². The van der Waals surface area contributed by atoms with Gasteiger partial charge in [-0.05, 0) is 24.5 Å². The number of thiazole rings is 1. The molecule has 19 heavy (non-hydrogen) atoms. The molecule has 1 aliphatic rings. The first kappa shape index (κ1) is 13.1. The van der Waals surface area contributed by atoms with Gasteiger partial charge in [-0.15, -0.1) is 11.3 Å². The van der Waals surface area contributed by atoms with Gasteiger partial charge in [0.1, 0.15) is 0 Å². The van der Waals surface area contributed by atoms with E-state index in [1.807, 2.05) is 6.07 Å². The predicted octanol–water partition coefficient (Wildman–Crippen LogP) is 4.14. The Morgan fingerprint density at radius 1 is 1.21 bits per heavy atom. The molecule has 1 aromatic heterocycles. The molecule has 2 nitrogen and oxygen atoms in total. The Labute approximate surface area is 119 Å². The summed E-state index contributed by atoms with van der Waals surface area (Å²) >= 11 is 1.80. The molecule has 0 saturated heterocycles. The first-order chi connectivity index (χ1) is 9.31. The van der Waals surface area contributed by atoms with Crippen molar-refractivity contribution in [3.63, 3.8) is 0 Å². The summed E-state index contributed by atoms with van der Waals surface area (Å²) < 4.78 is 1.28. The standard InChI is InChI=1S/C16H22N2S/c17-13(10-12-6-2-1-3-7-12)11-16-18-14-8-4-5-9-15(14)19-16/h4-5,8-9,12-13H,1-3,6-7,10-11,17H2. The maximum atomic E-state index is 6.33. The summed E-state index contributed by atoms with van der Waals surface area (Å²) in [5.74, 6) is 0.859. The Balaban J connectivity index is 1.60. The lowest BCUT2D eigenvalue weighted by Crippen LogP contribution is -2.26. The largest absolute Gasteiger partial charge is 0.327 e. The van der Waals surface area contributed by atoms with Crippen LogP contribution in [0.5, 0.6) is 0 Å². The van der Waals surface area contributed by atoms with Gasteiger partial charge in [0.2, 0.25) is 0 Å². The number of hydrogen-bond acceptors (Lipinski definition) is 3. The molecule has 3 heteroatoms. The molecule has 1 saturated carbocycles. The van der Waals surface area contributed by atoms with Crippen molar-refractivity contribution in [1.82, 2.24) is 4.98 Å². The molecule has 0 radical (unpaired) electrons. The number of benzene rings is 1. The van der Waals surface area contributed by atoms with Crippen molar-refractivity contribution in [3.8, 4) is 0 Å². The van der Waals surface area contributed by atoms with Crippen molar-refractivity contribution >= 4 is 21.6 Å². The zero-order chi connectivity index (χ0) is 13.1. The van der Waals surface area contributed by atoms with Gasteiger partial charge in [0.15, 0.2) is 0 Å². The first-order valence-electron chi connectivity index (χ1n) is 7.41. The summed E-state index contributed by atoms with van der Waals surface area (Å²) in [6.07, 6.45) is 9.10. The van der Waals surface area contributed by atoms with E-state index >= 15 is 0 Å². The van der Waals surface area contributed by atoms with Crippen molar-refractivity contribution in [2.75, 3.05) is 0 Å². The predicted molar refractivity (Wildman–Crippen MR) is 82.5 cm³/mol. The Hall–Kier alpha value is -0.930. The Morgan fingerprint density at radius 2 is 2.00 bits per heavy atom. The zero-order valence-corrected chi connectivity index (χ0v) is 12.2. The van der Waals surface area contributed by atoms with E-state index in [4.69, 9.17) is 5.73 Å². The van der Waals surface area contributed by atoms with Gasteiger partial charge in [-0.25, -0.2) is 4.98 Å². The van der Waals surface area contributed by atoms with Crippen LogP contribution in [0.3, 0.4) is 0 Å². The van der Waals surface area contributed by atoms with Crippen LogP contribution in [-0.2, 0) is 6.42 Å². The summed E-state index contributed by atoms with van der Waals surface area (Å²) in [5.41, 5.74) is 7.44. The summed E-state index contributed by atoms with van der Waals surface area (Å²) in [5, 5.41) is 1.20. The lowest BCUT2D eigenvalue weighted by atomic mass is 9.84. The molecule has 1 heterocycles. The number of rotatable bonds is 4. The molecule has 0 amide bonds. The minimum absolute atomic E-state index is 0.281. The second-order valence-electron chi connectivity index (χ2n) is 5.78. The molecule has 0 aliphatic heterocycles. The summed E-state index contributed by atoms with van der Waals surface area (Å²) in [6, 6.07) is 8.63. The molecule has 1 aliphatic carbocycles. The molecule has 1 unspecified atom stereocenters. The van der Waals surface area contributed by atoms with Crippen LogP contribution < -0.4 is 5.73 Å². The molecular formula is C16H22N2S. The summed E-state index contributed by atoms with van der Waals surface area (Å²) in [6.45, 7) is 0. The topological polar surface area (TPSA) is 38.9 Å². The van der Waals surface area contributed by atoms with Crippen molar-refractivity contribution < 1.29 is 0 Å². The maximum absolute atomic E-state index is 6.33. The smallest absolute Gasteiger partial charge is 0.0954 e. The fourth-order valence-corrected chi connectivity index (χ4v) is 4.23. The van der Waals surface area contributed by atoms with Gasteiger partial charge >= 0.3 is 0 Å². The third kappa shape index (κ3) is 3.34. The zero-order valence-electron chi connectivity index (χ0n) is 11.3. The molecule has 102 valence electrons. The van der Waals surface area contributed by atoms with Crippen LogP contribution in [0.2, 0.25) is 0 Å². The van der Waals surface area contributed by atoms with Crippen LogP contribution in [0.4, 0.5) is 0 Å². The highest BCUT2D eigenvalue weighted by Crippen LogP contribution is 2.28. The second kappa shape index (κ2) is 6.02. The molecule has 1 aromatic carbocycles. The van der Waals surface area contributed by atoms with Crippen molar-refractivity contribution in [3.05, 3.63) is 29.3 Å². The normalized spacial score (nSPS) is 18.8. The van der Waals surface area contributed by atoms with E-state index in [0.717, 1.165) is 17.9 Å². The van der Waals surface area contributed by atoms with Crippen LogP contribution in [0.25, 0.3) is 10.2 Å². The fraction of sp³-hybridized carbons (Fsp3) is 0.562. The maximum Gasteiger partial charge on any atom is 0.0954 e. The van der Waals surface area contributed by atoms with Crippen molar-refractivity contribution in [1.29, 1.82) is 0 Å². The van der Waals surface area contributed by atoms with E-state index in [1.54, 1.807) is 11.3 Å². The summed E-state index contributed by atoms with van der Waals surface area (Å²) in [7, 11) is 0. The quantitative estimate of drug-likeness (QED) is 0.910. The van der Waals surface area contributed by atoms with E-state index in [-0.39, 0.29) is 6.04 Å². The minimum Gasteiger partial charge on any atom is -0.327 e. The highest BCUT2D eigenvalue weighted by atomic mass is 32.1. The van der Waals surface area contributed by atoms with Gasteiger partial charge in [0.25, 0.3) is 0 Å². The lowest BCUT2D eigenvalue weighted by Gasteiger charge is -2.24. The molecular weight excluding hydrogens is 252 g/mol. The number of nitrogens with zero attached hydrogens (tertiary/aromatic N) is 1. The molecule has 3 rings (SSSR count). The number of nitrogens with two attached hydrogens (primary N) is 1. The summed E-state index contributed by atoms with van der Waals surface area (Å²) in [4.78, 5) is 4.68. The van der Waals surface area contributed by atoms with E-state index in [9.17, 15) is 0 Å². The van der Waals surface area contributed by atoms with E-state index in [0.29, 0.717) is 0 Å². The highest BCUT2D eigenvalue weighted by molar-refractivity contribution is 7.18. The molecule has 1 atom stereocenters. The van der Waals surface area contributed by atoms with E-state index in [1.165, 1.54) is 48.2 Å². The van der Waals surface area contributed by atoms with Gasteiger partial charge in [0.05, 0.1) is 15.2 Å². The SMILES string of the molecule is NC(Cc1nc2ccccc2s1)CC1CCCCC1. The number of fused-ring (bicyclic) bond motifs is 1. The van der Waals surface area contributed by atoms with Gasteiger partial charge < -0.3 is 5.73 Å². The highest BCUT2D eigenvalue weighted by Gasteiger charge is 2.18. The Kier molecular flexibility index (Phi) is 4.14. The molecule has 0 bridgehead atoms. The van der Waals surface area contributed by atoms with E-state index in [2.05, 4.69) is 23.2 Å². The second-order valence-corrected chi connectivity index (χ2v) is 6.89. The van der Waals surface area contributed by atoms with Crippen LogP contribution in [0, 0.1) is 5.92 Å². The number of aromatic nitrogens is 1. The third-order valence-corrected chi connectivity index (χ3v) is 5.19. The van der Waals surface area contributed by atoms with Gasteiger partial charge in [-0.1, -0.05) is 44.2 Å². The number of hydrogen-bond donors (Lipinski definition) is 1. The van der Waals surface area contributed by atoms with Crippen LogP contribution >= 0.6 is 11.3 Å². The van der Waals surface area contributed by atoms with Crippen LogP contribution in [-0.4, -0.2) is 11.0 Å². The van der Waals surface area contributed by atoms with Crippen molar-refractivity contribution in [2.45, 2.75) is 51.0 Å². The molecule has 2 N–H and O–H groups in total. The Bertz CT molecular complexity index is 495. The lowest BCUT2D eigenvalue weighted by molar-refractivity contribution is 0.316. The van der Waals surface area contributed by atoms with Gasteiger partial charge in [-0.2, -0.15) is 0 Å². The Morgan fingerprint density at radius 3 is 2.79 bits per heavy atom. The van der Waals surface area contributed by atoms with Gasteiger partial charge in [0, 0.05) is 12.5 Å².